The van der Waals surface area contributed by atoms with E-state index >= 15 is 0 Å². The van der Waals surface area contributed by atoms with Crippen LogP contribution in [0.15, 0.2) is 54.6 Å². The fourth-order valence-corrected chi connectivity index (χ4v) is 4.41. The molecule has 1 N–H and O–H groups in total. The highest BCUT2D eigenvalue weighted by Gasteiger charge is 2.42. The highest BCUT2D eigenvalue weighted by Crippen LogP contribution is 2.42. The Morgan fingerprint density at radius 2 is 1.86 bits per heavy atom. The number of rotatable bonds is 5. The van der Waals surface area contributed by atoms with Crippen LogP contribution in [0, 0.1) is 0 Å². The first-order valence-electron chi connectivity index (χ1n) is 9.13. The van der Waals surface area contributed by atoms with Crippen molar-refractivity contribution in [2.24, 2.45) is 0 Å². The second-order valence-electron chi connectivity index (χ2n) is 6.76. The lowest BCUT2D eigenvalue weighted by Gasteiger charge is -2.39. The molecule has 0 saturated carbocycles. The summed E-state index contributed by atoms with van der Waals surface area (Å²) in [4.78, 5) is 28.0. The van der Waals surface area contributed by atoms with Gasteiger partial charge in [-0.3, -0.25) is 14.9 Å². The van der Waals surface area contributed by atoms with Gasteiger partial charge in [-0.1, -0.05) is 59.9 Å². The Labute approximate surface area is 172 Å². The van der Waals surface area contributed by atoms with Crippen molar-refractivity contribution in [3.63, 3.8) is 0 Å². The highest BCUT2D eigenvalue weighted by atomic mass is 32.1. The first kappa shape index (κ1) is 19.2. The number of likely N-dealkylation sites (N-methyl/N-ethyl adjacent to an activating group) is 1. The zero-order chi connectivity index (χ0) is 20.4. The van der Waals surface area contributed by atoms with Crippen LogP contribution in [0.25, 0.3) is 0 Å². The summed E-state index contributed by atoms with van der Waals surface area (Å²) in [5.41, 5.74) is 2.15. The number of nitrogens with one attached hydrogen (secondary N) is 1. The van der Waals surface area contributed by atoms with Gasteiger partial charge >= 0.3 is 0 Å². The molecule has 3 aromatic rings. The van der Waals surface area contributed by atoms with Crippen LogP contribution in [0.4, 0.5) is 5.13 Å². The first-order chi connectivity index (χ1) is 14.1. The van der Waals surface area contributed by atoms with E-state index in [2.05, 4.69) is 15.5 Å². The quantitative estimate of drug-likeness (QED) is 0.701. The number of methoxy groups -OCH3 is 1. The number of aromatic nitrogens is 2. The number of fused-ring (bicyclic) bond motifs is 1. The number of carbonyl (C=O) groups is 2. The molecule has 0 saturated heterocycles. The molecule has 1 aliphatic rings. The van der Waals surface area contributed by atoms with Crippen molar-refractivity contribution in [2.45, 2.75) is 18.6 Å². The van der Waals surface area contributed by atoms with Gasteiger partial charge in [0, 0.05) is 19.7 Å². The summed E-state index contributed by atoms with van der Waals surface area (Å²) in [6, 6.07) is 16.4. The predicted molar refractivity (Wildman–Crippen MR) is 110 cm³/mol. The van der Waals surface area contributed by atoms with Gasteiger partial charge in [0.1, 0.15) is 11.6 Å². The third-order valence-corrected chi connectivity index (χ3v) is 5.78. The molecule has 1 aromatic heterocycles. The first-order valence-corrected chi connectivity index (χ1v) is 9.95. The van der Waals surface area contributed by atoms with Crippen molar-refractivity contribution in [3.05, 3.63) is 76.3 Å². The van der Waals surface area contributed by atoms with Crippen molar-refractivity contribution >= 4 is 28.3 Å². The monoisotopic (exact) mass is 408 g/mol. The summed E-state index contributed by atoms with van der Waals surface area (Å²) in [5, 5.41) is 12.0. The number of ether oxygens (including phenoxy) is 1. The topological polar surface area (TPSA) is 84.4 Å². The van der Waals surface area contributed by atoms with E-state index in [1.54, 1.807) is 25.1 Å². The molecule has 0 radical (unpaired) electrons. The van der Waals surface area contributed by atoms with E-state index in [-0.39, 0.29) is 11.8 Å². The van der Waals surface area contributed by atoms with Crippen LogP contribution >= 0.6 is 11.3 Å². The van der Waals surface area contributed by atoms with Crippen LogP contribution in [0.2, 0.25) is 0 Å². The summed E-state index contributed by atoms with van der Waals surface area (Å²) in [5.74, 6) is -0.909. The van der Waals surface area contributed by atoms with Gasteiger partial charge in [-0.2, -0.15) is 0 Å². The lowest BCUT2D eigenvalue weighted by molar-refractivity contribution is -0.119. The van der Waals surface area contributed by atoms with E-state index in [0.717, 1.165) is 5.56 Å². The average Bonchev–Trinajstić information content (AvgIpc) is 3.18. The van der Waals surface area contributed by atoms with E-state index in [1.165, 1.54) is 11.3 Å². The molecular weight excluding hydrogens is 388 g/mol. The Hall–Kier alpha value is -3.10. The summed E-state index contributed by atoms with van der Waals surface area (Å²) >= 11 is 1.27. The number of hydrogen-bond donors (Lipinski definition) is 1. The molecule has 0 fully saturated rings. The van der Waals surface area contributed by atoms with E-state index < -0.39 is 12.0 Å². The van der Waals surface area contributed by atoms with Gasteiger partial charge in [0.2, 0.25) is 11.0 Å². The van der Waals surface area contributed by atoms with Crippen LogP contribution in [0.5, 0.6) is 0 Å². The van der Waals surface area contributed by atoms with Gasteiger partial charge in [-0.25, -0.2) is 0 Å². The molecule has 2 heterocycles. The van der Waals surface area contributed by atoms with Crippen LogP contribution in [0.1, 0.15) is 38.5 Å². The van der Waals surface area contributed by atoms with E-state index in [9.17, 15) is 9.59 Å². The van der Waals surface area contributed by atoms with Gasteiger partial charge < -0.3 is 9.64 Å². The van der Waals surface area contributed by atoms with Gasteiger partial charge in [-0.05, 0) is 17.2 Å². The molecule has 8 heteroatoms. The van der Waals surface area contributed by atoms with E-state index in [0.29, 0.717) is 27.9 Å². The molecule has 2 amide bonds. The molecule has 2 atom stereocenters. The second kappa shape index (κ2) is 8.10. The third-order valence-electron chi connectivity index (χ3n) is 4.97. The van der Waals surface area contributed by atoms with E-state index in [4.69, 9.17) is 4.74 Å². The summed E-state index contributed by atoms with van der Waals surface area (Å²) < 4.78 is 5.06. The van der Waals surface area contributed by atoms with Gasteiger partial charge in [0.25, 0.3) is 5.91 Å². The van der Waals surface area contributed by atoms with Crippen LogP contribution < -0.4 is 5.32 Å². The molecule has 0 unspecified atom stereocenters. The molecule has 0 spiro atoms. The number of nitrogens with zero attached hydrogens (tertiary/aromatic N) is 3. The predicted octanol–water partition coefficient (Wildman–Crippen LogP) is 3.23. The zero-order valence-corrected chi connectivity index (χ0v) is 16.8. The van der Waals surface area contributed by atoms with Crippen LogP contribution in [-0.4, -0.2) is 41.1 Å². The van der Waals surface area contributed by atoms with E-state index in [1.807, 2.05) is 48.5 Å². The second-order valence-corrected chi connectivity index (χ2v) is 7.82. The maximum Gasteiger partial charge on any atom is 0.254 e. The maximum absolute atomic E-state index is 13.4. The van der Waals surface area contributed by atoms with Crippen LogP contribution in [0.3, 0.4) is 0 Å². The number of benzene rings is 2. The fraction of sp³-hybridized carbons (Fsp3) is 0.238. The average molecular weight is 408 g/mol. The maximum atomic E-state index is 13.4. The third kappa shape index (κ3) is 3.64. The molecule has 2 aromatic carbocycles. The van der Waals surface area contributed by atoms with Gasteiger partial charge in [0.15, 0.2) is 0 Å². The van der Waals surface area contributed by atoms with Gasteiger partial charge in [-0.15, -0.1) is 10.2 Å². The standard InChI is InChI=1S/C21H20N4O3S/c1-25-18(13-8-4-3-5-9-13)17(14-10-6-7-11-15(14)20(25)27)19(26)22-21-24-23-16(29-21)12-28-2/h3-11,17-18H,12H2,1-2H3,(H,22,24,26)/t17-,18-/m1/s1. The number of hydrogen-bond acceptors (Lipinski definition) is 6. The SMILES string of the molecule is COCc1nnc(NC(=O)[C@@H]2c3ccccc3C(=O)N(C)[C@@H]2c2ccccc2)s1. The Balaban J connectivity index is 1.74. The molecule has 4 rings (SSSR count). The molecule has 0 bridgehead atoms. The lowest BCUT2D eigenvalue weighted by Crippen LogP contribution is -2.44. The summed E-state index contributed by atoms with van der Waals surface area (Å²) in [6.07, 6.45) is 0. The van der Waals surface area contributed by atoms with Gasteiger partial charge in [0.05, 0.1) is 12.0 Å². The molecular formula is C21H20N4O3S. The number of anilines is 1. The number of amides is 2. The Kier molecular flexibility index (Phi) is 5.37. The smallest absolute Gasteiger partial charge is 0.254 e. The lowest BCUT2D eigenvalue weighted by atomic mass is 9.79. The molecule has 0 aliphatic carbocycles. The Bertz CT molecular complexity index is 1040. The van der Waals surface area contributed by atoms with Crippen molar-refractivity contribution in [1.82, 2.24) is 15.1 Å². The summed E-state index contributed by atoms with van der Waals surface area (Å²) in [7, 11) is 3.31. The van der Waals surface area contributed by atoms with Crippen molar-refractivity contribution in [2.75, 3.05) is 19.5 Å². The van der Waals surface area contributed by atoms with Crippen molar-refractivity contribution in [3.8, 4) is 0 Å². The zero-order valence-electron chi connectivity index (χ0n) is 16.0. The minimum Gasteiger partial charge on any atom is -0.377 e. The van der Waals surface area contributed by atoms with Crippen molar-refractivity contribution in [1.29, 1.82) is 0 Å². The Morgan fingerprint density at radius 3 is 2.62 bits per heavy atom. The minimum atomic E-state index is -0.578. The molecule has 148 valence electrons. The molecule has 7 nitrogen and oxygen atoms in total. The highest BCUT2D eigenvalue weighted by molar-refractivity contribution is 7.15. The molecule has 1 aliphatic heterocycles. The minimum absolute atomic E-state index is 0.100. The number of carbonyl (C=O) groups excluding carboxylic acids is 2. The Morgan fingerprint density at radius 1 is 1.14 bits per heavy atom. The van der Waals surface area contributed by atoms with Crippen LogP contribution in [-0.2, 0) is 16.1 Å². The largest absolute Gasteiger partial charge is 0.377 e. The fourth-order valence-electron chi connectivity index (χ4n) is 3.69. The van der Waals surface area contributed by atoms with Crippen molar-refractivity contribution < 1.29 is 14.3 Å². The molecule has 29 heavy (non-hydrogen) atoms. The summed E-state index contributed by atoms with van der Waals surface area (Å²) in [6.45, 7) is 0.337. The normalized spacial score (nSPS) is 18.4.